The van der Waals surface area contributed by atoms with Crippen molar-refractivity contribution in [2.24, 2.45) is 5.41 Å². The van der Waals surface area contributed by atoms with Crippen molar-refractivity contribution in [2.45, 2.75) is 51.4 Å². The minimum atomic E-state index is -0.328. The third kappa shape index (κ3) is 3.16. The Bertz CT molecular complexity index is 344. The predicted octanol–water partition coefficient (Wildman–Crippen LogP) is 2.04. The first-order valence-electron chi connectivity index (χ1n) is 7.55. The van der Waals surface area contributed by atoms with E-state index in [0.717, 1.165) is 38.6 Å². The Balaban J connectivity index is 1.98. The molecule has 1 aliphatic carbocycles. The lowest BCUT2D eigenvalue weighted by Gasteiger charge is -2.25. The van der Waals surface area contributed by atoms with E-state index in [1.165, 1.54) is 17.7 Å². The van der Waals surface area contributed by atoms with Crippen LogP contribution in [0.4, 0.5) is 0 Å². The second kappa shape index (κ2) is 6.04. The van der Waals surface area contributed by atoms with Gasteiger partial charge in [0.1, 0.15) is 0 Å². The summed E-state index contributed by atoms with van der Waals surface area (Å²) >= 11 is 0. The summed E-state index contributed by atoms with van der Waals surface area (Å²) in [6.45, 7) is 1.52. The van der Waals surface area contributed by atoms with Crippen LogP contribution in [0.25, 0.3) is 0 Å². The van der Waals surface area contributed by atoms with Crippen LogP contribution < -0.4 is 0 Å². The van der Waals surface area contributed by atoms with E-state index in [0.29, 0.717) is 13.0 Å². The summed E-state index contributed by atoms with van der Waals surface area (Å²) in [4.78, 5) is 28.4. The third-order valence-electron chi connectivity index (χ3n) is 4.54. The highest BCUT2D eigenvalue weighted by atomic mass is 16.2. The van der Waals surface area contributed by atoms with Crippen molar-refractivity contribution in [1.29, 1.82) is 0 Å². The minimum Gasteiger partial charge on any atom is -0.309 e. The van der Waals surface area contributed by atoms with Crippen LogP contribution >= 0.6 is 0 Å². The van der Waals surface area contributed by atoms with Crippen LogP contribution in [0.2, 0.25) is 0 Å². The molecule has 0 radical (unpaired) electrons. The maximum absolute atomic E-state index is 12.6. The number of nitrogens with zero attached hydrogens (tertiary/aromatic N) is 2. The van der Waals surface area contributed by atoms with Crippen LogP contribution in [0.1, 0.15) is 51.4 Å². The van der Waals surface area contributed by atoms with Crippen molar-refractivity contribution < 1.29 is 9.59 Å². The molecule has 2 aliphatic rings. The lowest BCUT2D eigenvalue weighted by molar-refractivity contribution is -0.141. The van der Waals surface area contributed by atoms with E-state index < -0.39 is 0 Å². The Morgan fingerprint density at radius 3 is 2.32 bits per heavy atom. The summed E-state index contributed by atoms with van der Waals surface area (Å²) in [6.07, 6.45) is 7.81. The molecular weight excluding hydrogens is 240 g/mol. The highest BCUT2D eigenvalue weighted by Crippen LogP contribution is 2.44. The highest BCUT2D eigenvalue weighted by molar-refractivity contribution is 6.05. The zero-order valence-electron chi connectivity index (χ0n) is 12.3. The second-order valence-electron chi connectivity index (χ2n) is 6.38. The number of hydrogen-bond acceptors (Lipinski definition) is 3. The van der Waals surface area contributed by atoms with E-state index in [9.17, 15) is 9.59 Å². The molecule has 1 aliphatic heterocycles. The minimum absolute atomic E-state index is 0.0608. The first kappa shape index (κ1) is 14.5. The van der Waals surface area contributed by atoms with Gasteiger partial charge in [-0.2, -0.15) is 0 Å². The summed E-state index contributed by atoms with van der Waals surface area (Å²) in [5.41, 5.74) is -0.328. The topological polar surface area (TPSA) is 40.6 Å². The third-order valence-corrected chi connectivity index (χ3v) is 4.54. The Hall–Kier alpha value is -0.900. The molecule has 19 heavy (non-hydrogen) atoms. The molecule has 4 heteroatoms. The molecule has 2 amide bonds. The number of hydrogen-bond donors (Lipinski definition) is 0. The Kier molecular flexibility index (Phi) is 4.61. The van der Waals surface area contributed by atoms with Gasteiger partial charge in [0.05, 0.1) is 5.41 Å². The number of amides is 2. The number of carbonyl (C=O) groups is 2. The fourth-order valence-electron chi connectivity index (χ4n) is 3.43. The molecule has 0 atom stereocenters. The van der Waals surface area contributed by atoms with Crippen LogP contribution in [-0.2, 0) is 9.59 Å². The average Bonchev–Trinajstić information content (AvgIpc) is 2.55. The maximum Gasteiger partial charge on any atom is 0.235 e. The standard InChI is InChI=1S/C15H26N2O2/c1-16(2)10-7-11-17-13(18)12-15(14(17)19)8-5-3-4-6-9-15/h3-12H2,1-2H3. The van der Waals surface area contributed by atoms with Crippen LogP contribution in [0.5, 0.6) is 0 Å². The highest BCUT2D eigenvalue weighted by Gasteiger charge is 2.50. The van der Waals surface area contributed by atoms with Gasteiger partial charge < -0.3 is 4.90 Å². The molecule has 0 unspecified atom stereocenters. The van der Waals surface area contributed by atoms with E-state index in [1.807, 2.05) is 14.1 Å². The van der Waals surface area contributed by atoms with Gasteiger partial charge in [-0.05, 0) is 39.9 Å². The molecule has 1 saturated heterocycles. The molecule has 108 valence electrons. The van der Waals surface area contributed by atoms with Crippen molar-refractivity contribution in [3.63, 3.8) is 0 Å². The van der Waals surface area contributed by atoms with Gasteiger partial charge in [-0.25, -0.2) is 0 Å². The SMILES string of the molecule is CN(C)CCCN1C(=O)CC2(CCCCCC2)C1=O. The molecule has 0 bridgehead atoms. The lowest BCUT2D eigenvalue weighted by atomic mass is 9.79. The van der Waals surface area contributed by atoms with E-state index in [-0.39, 0.29) is 17.2 Å². The number of imide groups is 1. The summed E-state index contributed by atoms with van der Waals surface area (Å²) in [7, 11) is 4.03. The normalized spacial score (nSPS) is 23.4. The van der Waals surface area contributed by atoms with Gasteiger partial charge >= 0.3 is 0 Å². The smallest absolute Gasteiger partial charge is 0.235 e. The van der Waals surface area contributed by atoms with Gasteiger partial charge in [0.2, 0.25) is 11.8 Å². The van der Waals surface area contributed by atoms with Gasteiger partial charge in [0.25, 0.3) is 0 Å². The summed E-state index contributed by atoms with van der Waals surface area (Å²) in [5, 5.41) is 0. The molecular formula is C15H26N2O2. The van der Waals surface area contributed by atoms with Crippen molar-refractivity contribution in [3.8, 4) is 0 Å². The van der Waals surface area contributed by atoms with Crippen LogP contribution in [-0.4, -0.2) is 48.8 Å². The molecule has 0 aromatic rings. The number of carbonyl (C=O) groups excluding carboxylic acids is 2. The van der Waals surface area contributed by atoms with Crippen LogP contribution in [0.15, 0.2) is 0 Å². The molecule has 1 spiro atoms. The first-order chi connectivity index (χ1) is 9.05. The lowest BCUT2D eigenvalue weighted by Crippen LogP contribution is -2.37. The monoisotopic (exact) mass is 266 g/mol. The second-order valence-corrected chi connectivity index (χ2v) is 6.38. The molecule has 2 fully saturated rings. The molecule has 4 nitrogen and oxygen atoms in total. The van der Waals surface area contributed by atoms with E-state index in [1.54, 1.807) is 0 Å². The average molecular weight is 266 g/mol. The van der Waals surface area contributed by atoms with Gasteiger partial charge in [0.15, 0.2) is 0 Å². The molecule has 0 aromatic carbocycles. The zero-order valence-corrected chi connectivity index (χ0v) is 12.3. The van der Waals surface area contributed by atoms with E-state index >= 15 is 0 Å². The Morgan fingerprint density at radius 2 is 1.74 bits per heavy atom. The summed E-state index contributed by atoms with van der Waals surface area (Å²) in [6, 6.07) is 0. The van der Waals surface area contributed by atoms with Gasteiger partial charge in [0, 0.05) is 13.0 Å². The van der Waals surface area contributed by atoms with Crippen LogP contribution in [0, 0.1) is 5.41 Å². The summed E-state index contributed by atoms with van der Waals surface area (Å²) in [5.74, 6) is 0.184. The zero-order chi connectivity index (χ0) is 13.9. The Labute approximate surface area is 116 Å². The molecule has 1 heterocycles. The van der Waals surface area contributed by atoms with Crippen molar-refractivity contribution in [1.82, 2.24) is 9.80 Å². The van der Waals surface area contributed by atoms with E-state index in [2.05, 4.69) is 4.90 Å². The molecule has 1 saturated carbocycles. The molecule has 0 aromatic heterocycles. The fraction of sp³-hybridized carbons (Fsp3) is 0.867. The van der Waals surface area contributed by atoms with Gasteiger partial charge in [-0.15, -0.1) is 0 Å². The number of rotatable bonds is 4. The molecule has 0 N–H and O–H groups in total. The van der Waals surface area contributed by atoms with Crippen LogP contribution in [0.3, 0.4) is 0 Å². The van der Waals surface area contributed by atoms with Crippen molar-refractivity contribution in [2.75, 3.05) is 27.2 Å². The maximum atomic E-state index is 12.6. The number of likely N-dealkylation sites (tertiary alicyclic amines) is 1. The fourth-order valence-corrected chi connectivity index (χ4v) is 3.43. The van der Waals surface area contributed by atoms with Crippen molar-refractivity contribution >= 4 is 11.8 Å². The van der Waals surface area contributed by atoms with Gasteiger partial charge in [-0.1, -0.05) is 25.7 Å². The molecule has 2 rings (SSSR count). The first-order valence-corrected chi connectivity index (χ1v) is 7.55. The Morgan fingerprint density at radius 1 is 1.11 bits per heavy atom. The summed E-state index contributed by atoms with van der Waals surface area (Å²) < 4.78 is 0. The van der Waals surface area contributed by atoms with Gasteiger partial charge in [-0.3, -0.25) is 14.5 Å². The quantitative estimate of drug-likeness (QED) is 0.731. The largest absolute Gasteiger partial charge is 0.309 e. The van der Waals surface area contributed by atoms with Crippen molar-refractivity contribution in [3.05, 3.63) is 0 Å². The predicted molar refractivity (Wildman–Crippen MR) is 74.6 cm³/mol. The van der Waals surface area contributed by atoms with E-state index in [4.69, 9.17) is 0 Å².